The van der Waals surface area contributed by atoms with Crippen molar-refractivity contribution in [3.63, 3.8) is 0 Å². The number of amides is 3. The molecule has 0 saturated heterocycles. The van der Waals surface area contributed by atoms with Gasteiger partial charge in [0, 0.05) is 4.47 Å². The molecule has 1 aromatic carbocycles. The maximum Gasteiger partial charge on any atom is 0.326 e. The molecule has 1 rings (SSSR count). The third-order valence-corrected chi connectivity index (χ3v) is 3.26. The largest absolute Gasteiger partial charge is 0.480 e. The zero-order valence-corrected chi connectivity index (χ0v) is 12.9. The summed E-state index contributed by atoms with van der Waals surface area (Å²) in [6, 6.07) is 4.97. The van der Waals surface area contributed by atoms with Crippen LogP contribution in [0.15, 0.2) is 28.7 Å². The zero-order valence-electron chi connectivity index (χ0n) is 11.3. The lowest BCUT2D eigenvalue weighted by Crippen LogP contribution is -2.48. The summed E-state index contributed by atoms with van der Waals surface area (Å²) >= 11 is 3.31. The molecule has 2 atom stereocenters. The van der Waals surface area contributed by atoms with Crippen LogP contribution in [-0.2, 0) is 9.59 Å². The van der Waals surface area contributed by atoms with Gasteiger partial charge in [0.15, 0.2) is 0 Å². The first kappa shape index (κ1) is 17.0. The second-order valence-corrected chi connectivity index (χ2v) is 5.37. The van der Waals surface area contributed by atoms with Gasteiger partial charge in [-0.3, -0.25) is 4.79 Å². The number of carboxylic acids is 1. The minimum absolute atomic E-state index is 0.318. The molecule has 0 aromatic heterocycles. The van der Waals surface area contributed by atoms with Gasteiger partial charge in [-0.1, -0.05) is 28.1 Å². The average Bonchev–Trinajstić information content (AvgIpc) is 2.37. The molecule has 0 radical (unpaired) electrons. The number of nitrogens with two attached hydrogens (primary N) is 1. The van der Waals surface area contributed by atoms with Crippen LogP contribution < -0.4 is 16.4 Å². The smallest absolute Gasteiger partial charge is 0.326 e. The SMILES string of the molecule is CC(NC(=O)N[C@@H](CC(N)=O)C(=O)O)c1ccc(Br)cc1. The van der Waals surface area contributed by atoms with Crippen LogP contribution in [0.1, 0.15) is 24.9 Å². The normalized spacial score (nSPS) is 13.0. The van der Waals surface area contributed by atoms with E-state index in [-0.39, 0.29) is 6.04 Å². The van der Waals surface area contributed by atoms with Crippen molar-refractivity contribution in [3.05, 3.63) is 34.3 Å². The Morgan fingerprint density at radius 2 is 1.81 bits per heavy atom. The van der Waals surface area contributed by atoms with Crippen LogP contribution in [0.3, 0.4) is 0 Å². The summed E-state index contributed by atoms with van der Waals surface area (Å²) in [6.45, 7) is 1.76. The number of hydrogen-bond acceptors (Lipinski definition) is 3. The van der Waals surface area contributed by atoms with Crippen molar-refractivity contribution in [2.75, 3.05) is 0 Å². The van der Waals surface area contributed by atoms with E-state index in [0.29, 0.717) is 0 Å². The van der Waals surface area contributed by atoms with E-state index in [9.17, 15) is 14.4 Å². The summed E-state index contributed by atoms with van der Waals surface area (Å²) in [6.07, 6.45) is -0.463. The molecule has 0 saturated carbocycles. The van der Waals surface area contributed by atoms with E-state index in [2.05, 4.69) is 26.6 Å². The summed E-state index contributed by atoms with van der Waals surface area (Å²) in [7, 11) is 0. The molecular formula is C13H16BrN3O4. The van der Waals surface area contributed by atoms with Gasteiger partial charge in [0.2, 0.25) is 5.91 Å². The van der Waals surface area contributed by atoms with Crippen molar-refractivity contribution in [1.82, 2.24) is 10.6 Å². The lowest BCUT2D eigenvalue weighted by atomic mass is 10.1. The van der Waals surface area contributed by atoms with Crippen LogP contribution >= 0.6 is 15.9 Å². The Balaban J connectivity index is 2.61. The topological polar surface area (TPSA) is 122 Å². The lowest BCUT2D eigenvalue weighted by molar-refractivity contribution is -0.140. The number of hydrogen-bond donors (Lipinski definition) is 4. The summed E-state index contributed by atoms with van der Waals surface area (Å²) in [4.78, 5) is 33.4. The fourth-order valence-corrected chi connectivity index (χ4v) is 1.90. The van der Waals surface area contributed by atoms with E-state index in [4.69, 9.17) is 10.8 Å². The Hall–Kier alpha value is -2.09. The van der Waals surface area contributed by atoms with Gasteiger partial charge in [-0.05, 0) is 24.6 Å². The predicted octanol–water partition coefficient (Wildman–Crippen LogP) is 1.14. The Morgan fingerprint density at radius 1 is 1.24 bits per heavy atom. The van der Waals surface area contributed by atoms with Crippen molar-refractivity contribution >= 4 is 33.8 Å². The molecule has 21 heavy (non-hydrogen) atoms. The van der Waals surface area contributed by atoms with Crippen molar-refractivity contribution in [2.45, 2.75) is 25.4 Å². The molecule has 1 aromatic rings. The number of rotatable bonds is 6. The first-order valence-electron chi connectivity index (χ1n) is 6.13. The Labute approximate surface area is 130 Å². The van der Waals surface area contributed by atoms with Gasteiger partial charge in [-0.25, -0.2) is 9.59 Å². The minimum atomic E-state index is -1.35. The minimum Gasteiger partial charge on any atom is -0.480 e. The third-order valence-electron chi connectivity index (χ3n) is 2.73. The van der Waals surface area contributed by atoms with Gasteiger partial charge < -0.3 is 21.5 Å². The van der Waals surface area contributed by atoms with E-state index in [0.717, 1.165) is 10.0 Å². The highest BCUT2D eigenvalue weighted by molar-refractivity contribution is 9.10. The van der Waals surface area contributed by atoms with Crippen LogP contribution in [0.2, 0.25) is 0 Å². The number of carboxylic acid groups (broad SMARTS) is 1. The number of carbonyl (C=O) groups is 3. The second kappa shape index (κ2) is 7.63. The number of carbonyl (C=O) groups excluding carboxylic acids is 2. The van der Waals surface area contributed by atoms with Crippen LogP contribution in [0, 0.1) is 0 Å². The fourth-order valence-electron chi connectivity index (χ4n) is 1.63. The molecule has 0 aliphatic heterocycles. The van der Waals surface area contributed by atoms with Crippen LogP contribution in [0.5, 0.6) is 0 Å². The summed E-state index contributed by atoms with van der Waals surface area (Å²) in [5.41, 5.74) is 5.79. The highest BCUT2D eigenvalue weighted by Crippen LogP contribution is 2.16. The average molecular weight is 358 g/mol. The van der Waals surface area contributed by atoms with E-state index in [1.807, 2.05) is 24.3 Å². The first-order valence-corrected chi connectivity index (χ1v) is 6.92. The van der Waals surface area contributed by atoms with Crippen molar-refractivity contribution in [2.24, 2.45) is 5.73 Å². The van der Waals surface area contributed by atoms with Crippen molar-refractivity contribution in [3.8, 4) is 0 Å². The molecule has 0 aliphatic carbocycles. The third kappa shape index (κ3) is 5.82. The molecule has 0 bridgehead atoms. The Morgan fingerprint density at radius 3 is 2.29 bits per heavy atom. The van der Waals surface area contributed by atoms with Gasteiger partial charge in [0.1, 0.15) is 6.04 Å². The summed E-state index contributed by atoms with van der Waals surface area (Å²) in [5, 5.41) is 13.7. The number of nitrogens with one attached hydrogen (secondary N) is 2. The van der Waals surface area contributed by atoms with E-state index >= 15 is 0 Å². The van der Waals surface area contributed by atoms with Gasteiger partial charge in [0.05, 0.1) is 12.5 Å². The molecule has 114 valence electrons. The lowest BCUT2D eigenvalue weighted by Gasteiger charge is -2.18. The maximum atomic E-state index is 11.7. The molecule has 0 aliphatic rings. The predicted molar refractivity (Wildman–Crippen MR) is 79.5 cm³/mol. The molecule has 1 unspecified atom stereocenters. The number of benzene rings is 1. The molecule has 3 amide bonds. The molecule has 0 heterocycles. The van der Waals surface area contributed by atoms with E-state index < -0.39 is 30.4 Å². The highest BCUT2D eigenvalue weighted by Gasteiger charge is 2.22. The maximum absolute atomic E-state index is 11.7. The Kier molecular flexibility index (Phi) is 6.16. The van der Waals surface area contributed by atoms with Crippen LogP contribution in [-0.4, -0.2) is 29.1 Å². The molecular weight excluding hydrogens is 342 g/mol. The number of primary amides is 1. The highest BCUT2D eigenvalue weighted by atomic mass is 79.9. The quantitative estimate of drug-likeness (QED) is 0.609. The second-order valence-electron chi connectivity index (χ2n) is 4.45. The van der Waals surface area contributed by atoms with Crippen LogP contribution in [0.4, 0.5) is 4.79 Å². The molecule has 0 fully saturated rings. The van der Waals surface area contributed by atoms with Gasteiger partial charge in [-0.15, -0.1) is 0 Å². The van der Waals surface area contributed by atoms with Gasteiger partial charge in [0.25, 0.3) is 0 Å². The zero-order chi connectivity index (χ0) is 16.0. The van der Waals surface area contributed by atoms with Crippen LogP contribution in [0.25, 0.3) is 0 Å². The van der Waals surface area contributed by atoms with Crippen molar-refractivity contribution < 1.29 is 19.5 Å². The monoisotopic (exact) mass is 357 g/mol. The van der Waals surface area contributed by atoms with Gasteiger partial charge >= 0.3 is 12.0 Å². The Bertz CT molecular complexity index is 533. The molecule has 0 spiro atoms. The first-order chi connectivity index (χ1) is 9.79. The van der Waals surface area contributed by atoms with E-state index in [1.54, 1.807) is 6.92 Å². The number of aliphatic carboxylic acids is 1. The molecule has 8 heteroatoms. The summed E-state index contributed by atoms with van der Waals surface area (Å²) in [5.74, 6) is -2.12. The standard InChI is InChI=1S/C13H16BrN3O4/c1-7(8-2-4-9(14)5-3-8)16-13(21)17-10(12(19)20)6-11(15)18/h2-5,7,10H,6H2,1H3,(H2,15,18)(H,19,20)(H2,16,17,21)/t7?,10-/m0/s1. The number of urea groups is 1. The van der Waals surface area contributed by atoms with Gasteiger partial charge in [-0.2, -0.15) is 0 Å². The molecule has 7 nitrogen and oxygen atoms in total. The summed E-state index contributed by atoms with van der Waals surface area (Å²) < 4.78 is 0.912. The molecule has 5 N–H and O–H groups in total. The number of halogens is 1. The fraction of sp³-hybridized carbons (Fsp3) is 0.308. The van der Waals surface area contributed by atoms with E-state index in [1.165, 1.54) is 0 Å². The van der Waals surface area contributed by atoms with Crippen molar-refractivity contribution in [1.29, 1.82) is 0 Å².